The molecule has 0 aromatic rings. The van der Waals surface area contributed by atoms with Gasteiger partial charge in [0.25, 0.3) is 0 Å². The quantitative estimate of drug-likeness (QED) is 0.728. The van der Waals surface area contributed by atoms with E-state index in [-0.39, 0.29) is 16.9 Å². The molecule has 0 atom stereocenters. The van der Waals surface area contributed by atoms with E-state index in [2.05, 4.69) is 23.6 Å². The number of aliphatic hydroxyl groups excluding tert-OH is 1. The fourth-order valence-electron chi connectivity index (χ4n) is 4.31. The highest BCUT2D eigenvalue weighted by Gasteiger charge is 2.61. The maximum Gasteiger partial charge on any atom is 0.0701 e. The van der Waals surface area contributed by atoms with Crippen molar-refractivity contribution >= 4 is 0 Å². The van der Waals surface area contributed by atoms with Crippen LogP contribution in [0.1, 0.15) is 26.7 Å². The first kappa shape index (κ1) is 10.1. The highest BCUT2D eigenvalue weighted by molar-refractivity contribution is 5.12. The molecule has 0 radical (unpaired) electrons. The van der Waals surface area contributed by atoms with Gasteiger partial charge in [-0.1, -0.05) is 13.8 Å². The predicted molar refractivity (Wildman–Crippen MR) is 59.5 cm³/mol. The van der Waals surface area contributed by atoms with Gasteiger partial charge in [0.05, 0.1) is 12.8 Å². The van der Waals surface area contributed by atoms with Gasteiger partial charge in [0.15, 0.2) is 0 Å². The van der Waals surface area contributed by atoms with Crippen molar-refractivity contribution in [2.24, 2.45) is 10.8 Å². The van der Waals surface area contributed by atoms with Crippen molar-refractivity contribution in [2.45, 2.75) is 32.8 Å². The fraction of sp³-hybridized carbons (Fsp3) is 1.00. The minimum Gasteiger partial charge on any atom is -0.392 e. The van der Waals surface area contributed by atoms with E-state index in [0.29, 0.717) is 0 Å². The summed E-state index contributed by atoms with van der Waals surface area (Å²) in [7, 11) is 0. The maximum atomic E-state index is 10.7. The molecule has 1 N–H and O–H groups in total. The van der Waals surface area contributed by atoms with Gasteiger partial charge in [-0.2, -0.15) is 0 Å². The molecule has 0 aromatic carbocycles. The number of hydrogen-bond acceptors (Lipinski definition) is 3. The molecule has 4 rings (SSSR count). The van der Waals surface area contributed by atoms with Crippen molar-refractivity contribution in [1.82, 2.24) is 9.80 Å². The summed E-state index contributed by atoms with van der Waals surface area (Å²) in [5.74, 6) is 0. The largest absolute Gasteiger partial charge is 0.392 e. The van der Waals surface area contributed by atoms with Crippen molar-refractivity contribution in [3.8, 4) is 0 Å². The van der Waals surface area contributed by atoms with Crippen LogP contribution in [-0.2, 0) is 0 Å². The second-order valence-electron chi connectivity index (χ2n) is 5.95. The third kappa shape index (κ3) is 1.12. The molecule has 0 aromatic heterocycles. The second kappa shape index (κ2) is 2.96. The van der Waals surface area contributed by atoms with Gasteiger partial charge >= 0.3 is 0 Å². The zero-order chi connectivity index (χ0) is 10.7. The lowest BCUT2D eigenvalue weighted by Gasteiger charge is -2.67. The van der Waals surface area contributed by atoms with Gasteiger partial charge in [0.2, 0.25) is 0 Å². The molecule has 4 bridgehead atoms. The van der Waals surface area contributed by atoms with E-state index in [0.717, 1.165) is 45.7 Å². The molecule has 0 saturated carbocycles. The molecule has 4 aliphatic rings. The van der Waals surface area contributed by atoms with Crippen molar-refractivity contribution in [1.29, 1.82) is 0 Å². The van der Waals surface area contributed by atoms with Crippen LogP contribution >= 0.6 is 0 Å². The predicted octanol–water partition coefficient (Wildman–Crippen LogP) is 0.742. The zero-order valence-corrected chi connectivity index (χ0v) is 9.87. The van der Waals surface area contributed by atoms with Gasteiger partial charge in [0.1, 0.15) is 0 Å². The average Bonchev–Trinajstić information content (AvgIpc) is 2.24. The molecule has 86 valence electrons. The van der Waals surface area contributed by atoms with E-state index in [1.165, 1.54) is 0 Å². The van der Waals surface area contributed by atoms with Gasteiger partial charge in [-0.25, -0.2) is 0 Å². The van der Waals surface area contributed by atoms with Crippen molar-refractivity contribution in [3.05, 3.63) is 0 Å². The Morgan fingerprint density at radius 2 is 1.40 bits per heavy atom. The van der Waals surface area contributed by atoms with Crippen molar-refractivity contribution < 1.29 is 5.11 Å². The zero-order valence-electron chi connectivity index (χ0n) is 9.87. The van der Waals surface area contributed by atoms with Gasteiger partial charge in [-0.3, -0.25) is 9.80 Å². The molecule has 3 heteroatoms. The van der Waals surface area contributed by atoms with E-state index < -0.39 is 0 Å². The Kier molecular flexibility index (Phi) is 1.99. The molecular formula is C12H22N2O. The van der Waals surface area contributed by atoms with Crippen molar-refractivity contribution in [2.75, 3.05) is 32.8 Å². The molecule has 4 saturated heterocycles. The standard InChI is InChI=1S/C12H22N2O/c1-3-11-5-13-7-12(4-2,10(11)15)8-14(6-11)9-13/h10,15H,3-9H2,1-2H3. The van der Waals surface area contributed by atoms with E-state index in [9.17, 15) is 5.11 Å². The fourth-order valence-corrected chi connectivity index (χ4v) is 4.31. The molecule has 0 amide bonds. The minimum atomic E-state index is -0.0761. The number of rotatable bonds is 2. The third-order valence-corrected chi connectivity index (χ3v) is 5.12. The molecule has 4 fully saturated rings. The lowest BCUT2D eigenvalue weighted by atomic mass is 9.58. The second-order valence-corrected chi connectivity index (χ2v) is 5.95. The van der Waals surface area contributed by atoms with Gasteiger partial charge in [0, 0.05) is 37.0 Å². The Bertz CT molecular complexity index is 241. The Labute approximate surface area is 92.1 Å². The molecule has 0 unspecified atom stereocenters. The first-order chi connectivity index (χ1) is 7.14. The normalized spacial score (nSPS) is 57.4. The van der Waals surface area contributed by atoms with E-state index in [1.807, 2.05) is 0 Å². The molecule has 0 aliphatic carbocycles. The number of nitrogens with zero attached hydrogens (tertiary/aromatic N) is 2. The summed E-state index contributed by atoms with van der Waals surface area (Å²) >= 11 is 0. The van der Waals surface area contributed by atoms with Gasteiger partial charge in [-0.15, -0.1) is 0 Å². The lowest BCUT2D eigenvalue weighted by Crippen LogP contribution is -2.77. The van der Waals surface area contributed by atoms with Crippen LogP contribution in [0.15, 0.2) is 0 Å². The highest BCUT2D eigenvalue weighted by Crippen LogP contribution is 2.52. The Morgan fingerprint density at radius 3 is 1.73 bits per heavy atom. The molecule has 4 heterocycles. The molecule has 15 heavy (non-hydrogen) atoms. The molecular weight excluding hydrogens is 188 g/mol. The van der Waals surface area contributed by atoms with Gasteiger partial charge < -0.3 is 5.11 Å². The summed E-state index contributed by atoms with van der Waals surface area (Å²) in [5.41, 5.74) is 0.343. The van der Waals surface area contributed by atoms with Crippen LogP contribution in [0.25, 0.3) is 0 Å². The summed E-state index contributed by atoms with van der Waals surface area (Å²) in [6.45, 7) is 10.1. The van der Waals surface area contributed by atoms with Crippen LogP contribution in [0.5, 0.6) is 0 Å². The third-order valence-electron chi connectivity index (χ3n) is 5.12. The Balaban J connectivity index is 2.01. The summed E-state index contributed by atoms with van der Waals surface area (Å²) in [5, 5.41) is 10.7. The van der Waals surface area contributed by atoms with E-state index >= 15 is 0 Å². The van der Waals surface area contributed by atoms with Gasteiger partial charge in [-0.05, 0) is 12.8 Å². The maximum absolute atomic E-state index is 10.7. The SMILES string of the molecule is CCC12CN3CN(C1)CC(CC)(C3)C2O. The number of hydrogen-bond donors (Lipinski definition) is 1. The number of piperidine rings is 2. The first-order valence-corrected chi connectivity index (χ1v) is 6.27. The smallest absolute Gasteiger partial charge is 0.0701 e. The number of aliphatic hydroxyl groups is 1. The topological polar surface area (TPSA) is 26.7 Å². The summed E-state index contributed by atoms with van der Waals surface area (Å²) < 4.78 is 0. The molecule has 0 spiro atoms. The average molecular weight is 210 g/mol. The van der Waals surface area contributed by atoms with E-state index in [4.69, 9.17) is 0 Å². The van der Waals surface area contributed by atoms with Crippen LogP contribution in [0.2, 0.25) is 0 Å². The van der Waals surface area contributed by atoms with Crippen molar-refractivity contribution in [3.63, 3.8) is 0 Å². The Morgan fingerprint density at radius 1 is 1.00 bits per heavy atom. The first-order valence-electron chi connectivity index (χ1n) is 6.27. The lowest BCUT2D eigenvalue weighted by molar-refractivity contribution is -0.239. The van der Waals surface area contributed by atoms with Crippen LogP contribution < -0.4 is 0 Å². The summed E-state index contributed by atoms with van der Waals surface area (Å²) in [6.07, 6.45) is 2.15. The minimum absolute atomic E-state index is 0.0761. The van der Waals surface area contributed by atoms with E-state index in [1.54, 1.807) is 0 Å². The molecule has 4 aliphatic heterocycles. The molecule has 3 nitrogen and oxygen atoms in total. The van der Waals surface area contributed by atoms with Crippen LogP contribution in [-0.4, -0.2) is 53.9 Å². The van der Waals surface area contributed by atoms with Crippen LogP contribution in [0, 0.1) is 10.8 Å². The van der Waals surface area contributed by atoms with Crippen LogP contribution in [0.4, 0.5) is 0 Å². The Hall–Kier alpha value is -0.120. The monoisotopic (exact) mass is 210 g/mol. The highest BCUT2D eigenvalue weighted by atomic mass is 16.3. The van der Waals surface area contributed by atoms with Crippen LogP contribution in [0.3, 0.4) is 0 Å². The summed E-state index contributed by atoms with van der Waals surface area (Å²) in [6, 6.07) is 0. The summed E-state index contributed by atoms with van der Waals surface area (Å²) in [4.78, 5) is 5.10.